The van der Waals surface area contributed by atoms with Gasteiger partial charge in [0.15, 0.2) is 0 Å². The molecule has 0 radical (unpaired) electrons. The Morgan fingerprint density at radius 3 is 2.60 bits per heavy atom. The first kappa shape index (κ1) is 14.2. The normalized spacial score (nSPS) is 29.4. The van der Waals surface area contributed by atoms with Crippen molar-refractivity contribution in [2.24, 2.45) is 5.92 Å². The summed E-state index contributed by atoms with van der Waals surface area (Å²) in [4.78, 5) is 14.2. The highest BCUT2D eigenvalue weighted by atomic mass is 35.5. The highest BCUT2D eigenvalue weighted by Gasteiger charge is 2.46. The smallest absolute Gasteiger partial charge is 0.226 e. The fraction of sp³-hybridized carbons (Fsp3) is 0.533. The monoisotopic (exact) mass is 313 g/mol. The number of carbonyl (C=O) groups excluding carboxylic acids is 1. The van der Waals surface area contributed by atoms with Gasteiger partial charge in [0, 0.05) is 29.1 Å². The van der Waals surface area contributed by atoms with Gasteiger partial charge in [-0.2, -0.15) is 0 Å². The van der Waals surface area contributed by atoms with Crippen molar-refractivity contribution in [2.45, 2.75) is 31.3 Å². The summed E-state index contributed by atoms with van der Waals surface area (Å²) in [6.45, 7) is 1.23. The van der Waals surface area contributed by atoms with Gasteiger partial charge in [0.25, 0.3) is 0 Å². The number of aliphatic hydroxyl groups excluding tert-OH is 1. The fourth-order valence-corrected chi connectivity index (χ4v) is 3.56. The second kappa shape index (κ2) is 5.55. The molecule has 1 amide bonds. The van der Waals surface area contributed by atoms with Crippen LogP contribution in [0.3, 0.4) is 0 Å². The quantitative estimate of drug-likeness (QED) is 0.911. The SMILES string of the molecule is O=C(C1CC1c1cc(Cl)cc(Cl)c1)N1CCCC(O)C1. The van der Waals surface area contributed by atoms with E-state index in [0.29, 0.717) is 16.6 Å². The molecule has 3 rings (SSSR count). The first-order valence-corrected chi connectivity index (χ1v) is 7.73. The van der Waals surface area contributed by atoms with Crippen molar-refractivity contribution in [3.05, 3.63) is 33.8 Å². The van der Waals surface area contributed by atoms with Crippen LogP contribution in [0.1, 0.15) is 30.7 Å². The number of amides is 1. The molecule has 3 nitrogen and oxygen atoms in total. The van der Waals surface area contributed by atoms with Crippen molar-refractivity contribution in [1.29, 1.82) is 0 Å². The van der Waals surface area contributed by atoms with E-state index in [2.05, 4.69) is 0 Å². The van der Waals surface area contributed by atoms with Crippen LogP contribution in [0.15, 0.2) is 18.2 Å². The highest BCUT2D eigenvalue weighted by Crippen LogP contribution is 2.49. The maximum absolute atomic E-state index is 12.4. The Bertz CT molecular complexity index is 514. The summed E-state index contributed by atoms with van der Waals surface area (Å²) in [7, 11) is 0. The molecule has 1 saturated heterocycles. The van der Waals surface area contributed by atoms with Crippen molar-refractivity contribution < 1.29 is 9.90 Å². The molecule has 1 saturated carbocycles. The molecule has 3 atom stereocenters. The standard InChI is InChI=1S/C15H17Cl2NO2/c16-10-4-9(5-11(17)6-10)13-7-14(13)15(20)18-3-1-2-12(19)8-18/h4-6,12-14,19H,1-3,7-8H2. The molecular weight excluding hydrogens is 297 g/mol. The van der Waals surface area contributed by atoms with Gasteiger partial charge in [-0.15, -0.1) is 0 Å². The predicted octanol–water partition coefficient (Wildman–Crippen LogP) is 3.08. The molecule has 3 unspecified atom stereocenters. The van der Waals surface area contributed by atoms with E-state index in [1.54, 1.807) is 11.0 Å². The number of nitrogens with zero attached hydrogens (tertiary/aromatic N) is 1. The minimum Gasteiger partial charge on any atom is -0.391 e. The van der Waals surface area contributed by atoms with Crippen LogP contribution >= 0.6 is 23.2 Å². The maximum atomic E-state index is 12.4. The number of aliphatic hydroxyl groups is 1. The molecule has 5 heteroatoms. The van der Waals surface area contributed by atoms with E-state index in [4.69, 9.17) is 23.2 Å². The number of hydrogen-bond acceptors (Lipinski definition) is 2. The Kier molecular flexibility index (Phi) is 3.93. The number of carbonyl (C=O) groups is 1. The van der Waals surface area contributed by atoms with Gasteiger partial charge in [0.05, 0.1) is 6.10 Å². The second-order valence-corrected chi connectivity index (χ2v) is 6.60. The third-order valence-corrected chi connectivity index (χ3v) is 4.57. The van der Waals surface area contributed by atoms with Gasteiger partial charge >= 0.3 is 0 Å². The van der Waals surface area contributed by atoms with Crippen LogP contribution in [0.2, 0.25) is 10.0 Å². The van der Waals surface area contributed by atoms with E-state index in [0.717, 1.165) is 31.4 Å². The number of hydrogen-bond donors (Lipinski definition) is 1. The van der Waals surface area contributed by atoms with E-state index in [-0.39, 0.29) is 23.8 Å². The van der Waals surface area contributed by atoms with Gasteiger partial charge in [-0.25, -0.2) is 0 Å². The largest absolute Gasteiger partial charge is 0.391 e. The lowest BCUT2D eigenvalue weighted by Gasteiger charge is -2.30. The first-order valence-electron chi connectivity index (χ1n) is 6.97. The molecule has 1 aliphatic carbocycles. The second-order valence-electron chi connectivity index (χ2n) is 5.73. The van der Waals surface area contributed by atoms with Crippen LogP contribution in [-0.4, -0.2) is 35.1 Å². The van der Waals surface area contributed by atoms with Gasteiger partial charge in [-0.3, -0.25) is 4.79 Å². The number of β-amino-alcohol motifs (C(OH)–C–C–N with tert-alkyl or cyclic N) is 1. The Balaban J connectivity index is 1.67. The molecule has 2 fully saturated rings. The first-order chi connectivity index (χ1) is 9.54. The van der Waals surface area contributed by atoms with Crippen molar-refractivity contribution in [1.82, 2.24) is 4.90 Å². The van der Waals surface area contributed by atoms with Crippen LogP contribution in [0.25, 0.3) is 0 Å². The van der Waals surface area contributed by atoms with Gasteiger partial charge in [-0.05, 0) is 48.9 Å². The third kappa shape index (κ3) is 2.95. The zero-order valence-electron chi connectivity index (χ0n) is 11.1. The third-order valence-electron chi connectivity index (χ3n) is 4.13. The molecule has 108 valence electrons. The number of halogens is 2. The molecular formula is C15H17Cl2NO2. The highest BCUT2D eigenvalue weighted by molar-refractivity contribution is 6.34. The lowest BCUT2D eigenvalue weighted by atomic mass is 10.1. The molecule has 1 aromatic carbocycles. The predicted molar refractivity (Wildman–Crippen MR) is 79.1 cm³/mol. The number of likely N-dealkylation sites (tertiary alicyclic amines) is 1. The zero-order valence-corrected chi connectivity index (χ0v) is 12.6. The Hall–Kier alpha value is -0.770. The van der Waals surface area contributed by atoms with E-state index >= 15 is 0 Å². The van der Waals surface area contributed by atoms with Crippen LogP contribution in [0.5, 0.6) is 0 Å². The van der Waals surface area contributed by atoms with Gasteiger partial charge in [-0.1, -0.05) is 23.2 Å². The summed E-state index contributed by atoms with van der Waals surface area (Å²) in [5.41, 5.74) is 1.04. The van der Waals surface area contributed by atoms with E-state index in [1.807, 2.05) is 12.1 Å². The van der Waals surface area contributed by atoms with E-state index in [1.165, 1.54) is 0 Å². The number of piperidine rings is 1. The van der Waals surface area contributed by atoms with Crippen molar-refractivity contribution >= 4 is 29.1 Å². The summed E-state index contributed by atoms with van der Waals surface area (Å²) in [5.74, 6) is 0.400. The topological polar surface area (TPSA) is 40.5 Å². The Morgan fingerprint density at radius 1 is 1.25 bits per heavy atom. The van der Waals surface area contributed by atoms with Crippen molar-refractivity contribution in [3.8, 4) is 0 Å². The minimum atomic E-state index is -0.370. The number of benzene rings is 1. The molecule has 0 bridgehead atoms. The average Bonchev–Trinajstić information content (AvgIpc) is 3.17. The lowest BCUT2D eigenvalue weighted by molar-refractivity contribution is -0.135. The van der Waals surface area contributed by atoms with E-state index in [9.17, 15) is 9.90 Å². The number of rotatable bonds is 2. The molecule has 1 aromatic rings. The molecule has 1 heterocycles. The molecule has 2 aliphatic rings. The summed E-state index contributed by atoms with van der Waals surface area (Å²) in [6, 6.07) is 5.47. The van der Waals surface area contributed by atoms with Gasteiger partial charge < -0.3 is 10.0 Å². The Morgan fingerprint density at radius 2 is 1.95 bits per heavy atom. The van der Waals surface area contributed by atoms with E-state index < -0.39 is 0 Å². The van der Waals surface area contributed by atoms with Crippen LogP contribution in [0.4, 0.5) is 0 Å². The molecule has 20 heavy (non-hydrogen) atoms. The Labute approximate surface area is 128 Å². The van der Waals surface area contributed by atoms with Crippen LogP contribution in [-0.2, 0) is 4.79 Å². The summed E-state index contributed by atoms with van der Waals surface area (Å²) in [5, 5.41) is 10.9. The summed E-state index contributed by atoms with van der Waals surface area (Å²) in [6.07, 6.45) is 2.16. The summed E-state index contributed by atoms with van der Waals surface area (Å²) < 4.78 is 0. The van der Waals surface area contributed by atoms with Crippen molar-refractivity contribution in [2.75, 3.05) is 13.1 Å². The fourth-order valence-electron chi connectivity index (χ4n) is 3.01. The lowest BCUT2D eigenvalue weighted by Crippen LogP contribution is -2.43. The molecule has 0 aromatic heterocycles. The maximum Gasteiger partial charge on any atom is 0.226 e. The molecule has 1 N–H and O–H groups in total. The van der Waals surface area contributed by atoms with Gasteiger partial charge in [0.2, 0.25) is 5.91 Å². The minimum absolute atomic E-state index is 0.0230. The molecule has 1 aliphatic heterocycles. The van der Waals surface area contributed by atoms with Gasteiger partial charge in [0.1, 0.15) is 0 Å². The van der Waals surface area contributed by atoms with Crippen LogP contribution in [0, 0.1) is 5.92 Å². The average molecular weight is 314 g/mol. The zero-order chi connectivity index (χ0) is 14.3. The summed E-state index contributed by atoms with van der Waals surface area (Å²) >= 11 is 12.0. The van der Waals surface area contributed by atoms with Crippen LogP contribution < -0.4 is 0 Å². The van der Waals surface area contributed by atoms with Crippen molar-refractivity contribution in [3.63, 3.8) is 0 Å². The molecule has 0 spiro atoms.